The van der Waals surface area contributed by atoms with Crippen LogP contribution < -0.4 is 5.32 Å². The normalized spacial score (nSPS) is 19.3. The molecular weight excluding hydrogens is 334 g/mol. The van der Waals surface area contributed by atoms with Crippen LogP contribution in [-0.4, -0.2) is 78.8 Å². The van der Waals surface area contributed by atoms with Crippen molar-refractivity contribution in [2.45, 2.75) is 32.9 Å². The standard InChI is InChI=1S/C19H29N3O4/c1-13-5-6-16(9-14(13)2)20-19(25)15(3)22-7-8-26-17(11-22)10-21(4)12-18(23)24/h5-6,9,15,17H,7-8,10-12H2,1-4H3,(H,20,25)(H,23,24). The zero-order valence-electron chi connectivity index (χ0n) is 16.0. The average Bonchev–Trinajstić information content (AvgIpc) is 2.57. The van der Waals surface area contributed by atoms with Crippen LogP contribution >= 0.6 is 0 Å². The summed E-state index contributed by atoms with van der Waals surface area (Å²) < 4.78 is 5.73. The van der Waals surface area contributed by atoms with Gasteiger partial charge in [0.25, 0.3) is 0 Å². The molecule has 1 fully saturated rings. The third-order valence-electron chi connectivity index (χ3n) is 4.79. The molecule has 7 heteroatoms. The highest BCUT2D eigenvalue weighted by atomic mass is 16.5. The van der Waals surface area contributed by atoms with E-state index in [-0.39, 0.29) is 24.6 Å². The van der Waals surface area contributed by atoms with Crippen LogP contribution in [0, 0.1) is 13.8 Å². The second kappa shape index (κ2) is 9.12. The molecule has 0 aromatic heterocycles. The molecule has 1 aliphatic rings. The Balaban J connectivity index is 1.90. The fourth-order valence-corrected chi connectivity index (χ4v) is 3.08. The third-order valence-corrected chi connectivity index (χ3v) is 4.79. The summed E-state index contributed by atoms with van der Waals surface area (Å²) in [7, 11) is 1.76. The smallest absolute Gasteiger partial charge is 0.317 e. The van der Waals surface area contributed by atoms with Crippen molar-refractivity contribution in [2.24, 2.45) is 0 Å². The molecule has 0 aliphatic carbocycles. The minimum absolute atomic E-state index is 0.0251. The second-order valence-corrected chi connectivity index (χ2v) is 7.04. The first-order chi connectivity index (χ1) is 12.3. The van der Waals surface area contributed by atoms with Crippen molar-refractivity contribution in [1.82, 2.24) is 9.80 Å². The fourth-order valence-electron chi connectivity index (χ4n) is 3.08. The van der Waals surface area contributed by atoms with Crippen molar-refractivity contribution >= 4 is 17.6 Å². The molecule has 0 spiro atoms. The van der Waals surface area contributed by atoms with E-state index in [2.05, 4.69) is 10.2 Å². The lowest BCUT2D eigenvalue weighted by atomic mass is 10.1. The molecule has 144 valence electrons. The van der Waals surface area contributed by atoms with Gasteiger partial charge in [-0.1, -0.05) is 6.07 Å². The minimum Gasteiger partial charge on any atom is -0.480 e. The number of carbonyl (C=O) groups is 2. The van der Waals surface area contributed by atoms with Gasteiger partial charge < -0.3 is 15.2 Å². The molecule has 0 saturated carbocycles. The Labute approximate surface area is 154 Å². The fraction of sp³-hybridized carbons (Fsp3) is 0.579. The molecule has 0 bridgehead atoms. The molecule has 1 amide bonds. The maximum atomic E-state index is 12.6. The Morgan fingerprint density at radius 2 is 2.12 bits per heavy atom. The quantitative estimate of drug-likeness (QED) is 0.761. The van der Waals surface area contributed by atoms with E-state index in [1.807, 2.05) is 39.0 Å². The lowest BCUT2D eigenvalue weighted by Gasteiger charge is -2.37. The lowest BCUT2D eigenvalue weighted by Crippen LogP contribution is -2.53. The van der Waals surface area contributed by atoms with Gasteiger partial charge in [-0.25, -0.2) is 0 Å². The number of carbonyl (C=O) groups excluding carboxylic acids is 1. The highest BCUT2D eigenvalue weighted by molar-refractivity contribution is 5.94. The van der Waals surface area contributed by atoms with Crippen molar-refractivity contribution < 1.29 is 19.4 Å². The van der Waals surface area contributed by atoms with Gasteiger partial charge in [0.2, 0.25) is 5.91 Å². The summed E-state index contributed by atoms with van der Waals surface area (Å²) in [6.07, 6.45) is -0.107. The molecular formula is C19H29N3O4. The van der Waals surface area contributed by atoms with Gasteiger partial charge in [0.05, 0.1) is 25.3 Å². The average molecular weight is 363 g/mol. The number of aryl methyl sites for hydroxylation is 2. The number of likely N-dealkylation sites (N-methyl/N-ethyl adjacent to an activating group) is 1. The Hall–Kier alpha value is -1.96. The van der Waals surface area contributed by atoms with Crippen LogP contribution in [0.2, 0.25) is 0 Å². The zero-order valence-corrected chi connectivity index (χ0v) is 16.0. The Morgan fingerprint density at radius 1 is 1.38 bits per heavy atom. The summed E-state index contributed by atoms with van der Waals surface area (Å²) in [5.74, 6) is -0.908. The van der Waals surface area contributed by atoms with Gasteiger partial charge in [0.1, 0.15) is 0 Å². The molecule has 0 radical (unpaired) electrons. The number of aliphatic carboxylic acids is 1. The van der Waals surface area contributed by atoms with Crippen LogP contribution in [0.4, 0.5) is 5.69 Å². The number of hydrogen-bond donors (Lipinski definition) is 2. The van der Waals surface area contributed by atoms with E-state index < -0.39 is 5.97 Å². The van der Waals surface area contributed by atoms with Crippen LogP contribution in [-0.2, 0) is 14.3 Å². The number of nitrogens with one attached hydrogen (secondary N) is 1. The van der Waals surface area contributed by atoms with E-state index in [9.17, 15) is 9.59 Å². The van der Waals surface area contributed by atoms with Gasteiger partial charge in [-0.15, -0.1) is 0 Å². The predicted octanol–water partition coefficient (Wildman–Crippen LogP) is 1.35. The third kappa shape index (κ3) is 5.79. The lowest BCUT2D eigenvalue weighted by molar-refractivity contribution is -0.138. The maximum absolute atomic E-state index is 12.6. The van der Waals surface area contributed by atoms with Gasteiger partial charge in [0, 0.05) is 25.3 Å². The molecule has 1 aromatic carbocycles. The molecule has 1 aromatic rings. The molecule has 1 aliphatic heterocycles. The largest absolute Gasteiger partial charge is 0.480 e. The zero-order chi connectivity index (χ0) is 19.3. The summed E-state index contributed by atoms with van der Waals surface area (Å²) in [4.78, 5) is 27.2. The minimum atomic E-state index is -0.860. The van der Waals surface area contributed by atoms with E-state index in [1.54, 1.807) is 11.9 Å². The van der Waals surface area contributed by atoms with Gasteiger partial charge in [-0.05, 0) is 51.1 Å². The first-order valence-electron chi connectivity index (χ1n) is 8.90. The van der Waals surface area contributed by atoms with Crippen molar-refractivity contribution in [2.75, 3.05) is 45.2 Å². The number of nitrogens with zero attached hydrogens (tertiary/aromatic N) is 2. The Kier molecular flexibility index (Phi) is 7.14. The number of carboxylic acids is 1. The molecule has 2 atom stereocenters. The molecule has 2 unspecified atom stereocenters. The Bertz CT molecular complexity index is 650. The Morgan fingerprint density at radius 3 is 2.77 bits per heavy atom. The molecule has 1 heterocycles. The number of benzene rings is 1. The monoisotopic (exact) mass is 363 g/mol. The topological polar surface area (TPSA) is 82.1 Å². The van der Waals surface area contributed by atoms with Crippen LogP contribution in [0.15, 0.2) is 18.2 Å². The number of ether oxygens (including phenoxy) is 1. The van der Waals surface area contributed by atoms with Crippen LogP contribution in [0.3, 0.4) is 0 Å². The number of rotatable bonds is 7. The predicted molar refractivity (Wildman–Crippen MR) is 100 cm³/mol. The molecule has 1 saturated heterocycles. The van der Waals surface area contributed by atoms with E-state index >= 15 is 0 Å². The van der Waals surface area contributed by atoms with Crippen molar-refractivity contribution in [3.8, 4) is 0 Å². The van der Waals surface area contributed by atoms with Gasteiger partial charge in [-0.3, -0.25) is 19.4 Å². The van der Waals surface area contributed by atoms with E-state index in [0.29, 0.717) is 26.2 Å². The summed E-state index contributed by atoms with van der Waals surface area (Å²) >= 11 is 0. The summed E-state index contributed by atoms with van der Waals surface area (Å²) in [5, 5.41) is 11.8. The first-order valence-corrected chi connectivity index (χ1v) is 8.90. The number of carboxylic acid groups (broad SMARTS) is 1. The van der Waals surface area contributed by atoms with Gasteiger partial charge >= 0.3 is 5.97 Å². The van der Waals surface area contributed by atoms with Crippen LogP contribution in [0.25, 0.3) is 0 Å². The van der Waals surface area contributed by atoms with Crippen molar-refractivity contribution in [1.29, 1.82) is 0 Å². The second-order valence-electron chi connectivity index (χ2n) is 7.04. The van der Waals surface area contributed by atoms with E-state index in [4.69, 9.17) is 9.84 Å². The number of amides is 1. The highest BCUT2D eigenvalue weighted by Gasteiger charge is 2.28. The van der Waals surface area contributed by atoms with E-state index in [1.165, 1.54) is 5.56 Å². The van der Waals surface area contributed by atoms with Crippen LogP contribution in [0.5, 0.6) is 0 Å². The summed E-state index contributed by atoms with van der Waals surface area (Å²) in [5.41, 5.74) is 3.14. The molecule has 26 heavy (non-hydrogen) atoms. The molecule has 2 N–H and O–H groups in total. The van der Waals surface area contributed by atoms with Crippen LogP contribution in [0.1, 0.15) is 18.1 Å². The van der Waals surface area contributed by atoms with Crippen molar-refractivity contribution in [3.05, 3.63) is 29.3 Å². The first kappa shape index (κ1) is 20.4. The number of anilines is 1. The highest BCUT2D eigenvalue weighted by Crippen LogP contribution is 2.16. The van der Waals surface area contributed by atoms with E-state index in [0.717, 1.165) is 11.3 Å². The van der Waals surface area contributed by atoms with Gasteiger partial charge in [0.15, 0.2) is 0 Å². The molecule has 7 nitrogen and oxygen atoms in total. The summed E-state index contributed by atoms with van der Waals surface area (Å²) in [6, 6.07) is 5.60. The SMILES string of the molecule is Cc1ccc(NC(=O)C(C)N2CCOC(CN(C)CC(=O)O)C2)cc1C. The maximum Gasteiger partial charge on any atom is 0.317 e. The number of hydrogen-bond acceptors (Lipinski definition) is 5. The molecule has 2 rings (SSSR count). The number of morpholine rings is 1. The van der Waals surface area contributed by atoms with Gasteiger partial charge in [-0.2, -0.15) is 0 Å². The van der Waals surface area contributed by atoms with Crippen molar-refractivity contribution in [3.63, 3.8) is 0 Å². The summed E-state index contributed by atoms with van der Waals surface area (Å²) in [6.45, 7) is 8.27.